The zero-order valence-corrected chi connectivity index (χ0v) is 11.7. The van der Waals surface area contributed by atoms with Gasteiger partial charge in [-0.15, -0.1) is 0 Å². The van der Waals surface area contributed by atoms with Crippen LogP contribution < -0.4 is 11.1 Å². The number of nitrogen functional groups attached to an aromatic ring is 1. The van der Waals surface area contributed by atoms with Crippen LogP contribution in [0, 0.1) is 0 Å². The number of nitrogens with one attached hydrogen (secondary N) is 1. The summed E-state index contributed by atoms with van der Waals surface area (Å²) in [6.45, 7) is 2.61. The predicted octanol–water partition coefficient (Wildman–Crippen LogP) is 2.33. The molecule has 1 fully saturated rings. The van der Waals surface area contributed by atoms with E-state index in [1.807, 2.05) is 6.92 Å². The van der Waals surface area contributed by atoms with Crippen molar-refractivity contribution in [1.29, 1.82) is 0 Å². The molecule has 1 aromatic rings. The maximum absolute atomic E-state index is 12.3. The van der Waals surface area contributed by atoms with Gasteiger partial charge in [-0.25, -0.2) is 0 Å². The van der Waals surface area contributed by atoms with Gasteiger partial charge in [0.15, 0.2) is 0 Å². The summed E-state index contributed by atoms with van der Waals surface area (Å²) in [6.07, 6.45) is 9.99. The number of rotatable bonds is 3. The lowest BCUT2D eigenvalue weighted by Crippen LogP contribution is -2.36. The van der Waals surface area contributed by atoms with E-state index < -0.39 is 0 Å². The second kappa shape index (κ2) is 6.59. The van der Waals surface area contributed by atoms with Gasteiger partial charge in [-0.05, 0) is 19.8 Å². The Morgan fingerprint density at radius 1 is 1.37 bits per heavy atom. The maximum Gasteiger partial charge on any atom is 0.271 e. The minimum absolute atomic E-state index is 0.0811. The van der Waals surface area contributed by atoms with E-state index in [2.05, 4.69) is 10.4 Å². The monoisotopic (exact) mass is 264 g/mol. The van der Waals surface area contributed by atoms with Crippen molar-refractivity contribution in [1.82, 2.24) is 15.1 Å². The highest BCUT2D eigenvalue weighted by Gasteiger charge is 2.20. The Hall–Kier alpha value is -1.52. The van der Waals surface area contributed by atoms with Crippen LogP contribution >= 0.6 is 0 Å². The Morgan fingerprint density at radius 2 is 2.00 bits per heavy atom. The minimum atomic E-state index is -0.0811. The molecule has 1 saturated carbocycles. The second-order valence-corrected chi connectivity index (χ2v) is 5.28. The highest BCUT2D eigenvalue weighted by atomic mass is 16.2. The van der Waals surface area contributed by atoms with Crippen molar-refractivity contribution in [2.75, 3.05) is 5.73 Å². The summed E-state index contributed by atoms with van der Waals surface area (Å²) in [5.74, 6) is -0.0811. The van der Waals surface area contributed by atoms with Crippen LogP contribution in [0.3, 0.4) is 0 Å². The molecule has 5 heteroatoms. The first-order valence-corrected chi connectivity index (χ1v) is 7.34. The van der Waals surface area contributed by atoms with Gasteiger partial charge < -0.3 is 11.1 Å². The van der Waals surface area contributed by atoms with Gasteiger partial charge in [0.2, 0.25) is 0 Å². The van der Waals surface area contributed by atoms with E-state index in [1.54, 1.807) is 10.9 Å². The van der Waals surface area contributed by atoms with Crippen LogP contribution in [0.15, 0.2) is 6.20 Å². The molecular formula is C14H24N4O. The zero-order chi connectivity index (χ0) is 13.7. The highest BCUT2D eigenvalue weighted by molar-refractivity contribution is 5.97. The van der Waals surface area contributed by atoms with Crippen LogP contribution in [0.5, 0.6) is 0 Å². The summed E-state index contributed by atoms with van der Waals surface area (Å²) in [6, 6.07) is 0.285. The molecule has 0 bridgehead atoms. The number of anilines is 1. The third-order valence-corrected chi connectivity index (χ3v) is 3.82. The lowest BCUT2D eigenvalue weighted by molar-refractivity contribution is 0.0920. The van der Waals surface area contributed by atoms with Crippen LogP contribution in [0.4, 0.5) is 5.69 Å². The molecule has 0 spiro atoms. The molecular weight excluding hydrogens is 240 g/mol. The summed E-state index contributed by atoms with van der Waals surface area (Å²) >= 11 is 0. The van der Waals surface area contributed by atoms with Crippen LogP contribution in [0.1, 0.15) is 62.4 Å². The number of hydrogen-bond donors (Lipinski definition) is 2. The Balaban J connectivity index is 2.00. The van der Waals surface area contributed by atoms with E-state index in [0.29, 0.717) is 17.9 Å². The van der Waals surface area contributed by atoms with Gasteiger partial charge in [0, 0.05) is 12.6 Å². The van der Waals surface area contributed by atoms with E-state index in [-0.39, 0.29) is 11.9 Å². The molecule has 0 aromatic carbocycles. The third kappa shape index (κ3) is 3.49. The summed E-state index contributed by atoms with van der Waals surface area (Å²) < 4.78 is 1.66. The first-order valence-electron chi connectivity index (χ1n) is 7.34. The van der Waals surface area contributed by atoms with Crippen molar-refractivity contribution in [3.05, 3.63) is 11.9 Å². The molecule has 2 rings (SSSR count). The Labute approximate surface area is 114 Å². The van der Waals surface area contributed by atoms with Crippen molar-refractivity contribution in [2.45, 2.75) is 64.5 Å². The van der Waals surface area contributed by atoms with E-state index in [0.717, 1.165) is 12.8 Å². The maximum atomic E-state index is 12.3. The Morgan fingerprint density at radius 3 is 2.63 bits per heavy atom. The molecule has 0 unspecified atom stereocenters. The molecule has 0 radical (unpaired) electrons. The number of nitrogens with two attached hydrogens (primary N) is 1. The average molecular weight is 264 g/mol. The van der Waals surface area contributed by atoms with Crippen LogP contribution in [-0.2, 0) is 6.54 Å². The van der Waals surface area contributed by atoms with Crippen molar-refractivity contribution in [3.63, 3.8) is 0 Å². The second-order valence-electron chi connectivity index (χ2n) is 5.28. The molecule has 1 amide bonds. The number of nitrogens with zero attached hydrogens (tertiary/aromatic N) is 2. The molecule has 0 aliphatic heterocycles. The lowest BCUT2D eigenvalue weighted by atomic mass is 9.96. The van der Waals surface area contributed by atoms with Crippen LogP contribution in [0.2, 0.25) is 0 Å². The Bertz CT molecular complexity index is 419. The quantitative estimate of drug-likeness (QED) is 0.880. The first kappa shape index (κ1) is 13.9. The summed E-state index contributed by atoms with van der Waals surface area (Å²) in [5, 5.41) is 7.24. The zero-order valence-electron chi connectivity index (χ0n) is 11.7. The fourth-order valence-corrected chi connectivity index (χ4v) is 2.74. The van der Waals surface area contributed by atoms with Gasteiger partial charge in [-0.3, -0.25) is 9.48 Å². The minimum Gasteiger partial charge on any atom is -0.396 e. The summed E-state index contributed by atoms with van der Waals surface area (Å²) in [4.78, 5) is 12.3. The third-order valence-electron chi connectivity index (χ3n) is 3.82. The van der Waals surface area contributed by atoms with E-state index in [1.165, 1.54) is 32.1 Å². The van der Waals surface area contributed by atoms with E-state index in [9.17, 15) is 4.79 Å². The highest BCUT2D eigenvalue weighted by Crippen LogP contribution is 2.18. The van der Waals surface area contributed by atoms with Crippen molar-refractivity contribution < 1.29 is 4.79 Å². The van der Waals surface area contributed by atoms with Gasteiger partial charge in [-0.1, -0.05) is 32.1 Å². The fourth-order valence-electron chi connectivity index (χ4n) is 2.74. The van der Waals surface area contributed by atoms with Crippen molar-refractivity contribution in [2.24, 2.45) is 0 Å². The number of amides is 1. The first-order chi connectivity index (χ1) is 9.22. The number of aromatic nitrogens is 2. The van der Waals surface area contributed by atoms with Crippen molar-refractivity contribution in [3.8, 4) is 0 Å². The molecule has 3 N–H and O–H groups in total. The fraction of sp³-hybridized carbons (Fsp3) is 0.714. The summed E-state index contributed by atoms with van der Waals surface area (Å²) in [7, 11) is 0. The normalized spacial score (nSPS) is 17.7. The van der Waals surface area contributed by atoms with Crippen LogP contribution in [0.25, 0.3) is 0 Å². The number of carbonyl (C=O) groups excluding carboxylic acids is 1. The Kier molecular flexibility index (Phi) is 4.82. The molecule has 0 atom stereocenters. The van der Waals surface area contributed by atoms with E-state index >= 15 is 0 Å². The average Bonchev–Trinajstić information content (AvgIpc) is 2.73. The smallest absolute Gasteiger partial charge is 0.271 e. The topological polar surface area (TPSA) is 72.9 Å². The van der Waals surface area contributed by atoms with Crippen molar-refractivity contribution >= 4 is 11.6 Å². The van der Waals surface area contributed by atoms with Gasteiger partial charge in [0.05, 0.1) is 11.9 Å². The van der Waals surface area contributed by atoms with Gasteiger partial charge in [0.25, 0.3) is 5.91 Å². The largest absolute Gasteiger partial charge is 0.396 e. The number of aryl methyl sites for hydroxylation is 1. The molecule has 1 aromatic heterocycles. The molecule has 1 heterocycles. The molecule has 1 aliphatic carbocycles. The van der Waals surface area contributed by atoms with Gasteiger partial charge in [-0.2, -0.15) is 5.10 Å². The van der Waals surface area contributed by atoms with Gasteiger partial charge in [0.1, 0.15) is 5.69 Å². The SMILES string of the molecule is CCn1ncc(N)c1C(=O)NC1CCCCCCC1. The molecule has 106 valence electrons. The number of carbonyl (C=O) groups is 1. The number of hydrogen-bond acceptors (Lipinski definition) is 3. The standard InChI is InChI=1S/C14H24N4O/c1-2-18-13(12(15)10-16-18)14(19)17-11-8-6-4-3-5-7-9-11/h10-11H,2-9,15H2,1H3,(H,17,19). The molecule has 0 saturated heterocycles. The summed E-state index contributed by atoms with van der Waals surface area (Å²) in [5.41, 5.74) is 6.80. The molecule has 1 aliphatic rings. The van der Waals surface area contributed by atoms with Gasteiger partial charge >= 0.3 is 0 Å². The lowest BCUT2D eigenvalue weighted by Gasteiger charge is -2.21. The molecule has 19 heavy (non-hydrogen) atoms. The van der Waals surface area contributed by atoms with Crippen LogP contribution in [-0.4, -0.2) is 21.7 Å². The molecule has 5 nitrogen and oxygen atoms in total. The predicted molar refractivity (Wildman–Crippen MR) is 75.9 cm³/mol. The van der Waals surface area contributed by atoms with E-state index in [4.69, 9.17) is 5.73 Å².